The molecule has 5 rings (SSSR count). The molecule has 1 aliphatic heterocycles. The molecular weight excluding hydrogens is 376 g/mol. The number of hydrogen-bond acceptors (Lipinski definition) is 5. The lowest BCUT2D eigenvalue weighted by atomic mass is 9.96. The van der Waals surface area contributed by atoms with Crippen molar-refractivity contribution in [1.82, 2.24) is 4.98 Å². The smallest absolute Gasteiger partial charge is 0.214 e. The maximum Gasteiger partial charge on any atom is 0.214 e. The second kappa shape index (κ2) is 7.02. The van der Waals surface area contributed by atoms with Gasteiger partial charge in [0.25, 0.3) is 0 Å². The average Bonchev–Trinajstić information content (AvgIpc) is 2.80. The lowest BCUT2D eigenvalue weighted by Gasteiger charge is -2.12. The third-order valence-electron chi connectivity index (χ3n) is 5.25. The summed E-state index contributed by atoms with van der Waals surface area (Å²) in [6.45, 7) is 0.281. The van der Waals surface area contributed by atoms with Gasteiger partial charge in [-0.25, -0.2) is 4.98 Å². The van der Waals surface area contributed by atoms with E-state index in [1.165, 1.54) is 0 Å². The molecule has 0 spiro atoms. The highest BCUT2D eigenvalue weighted by Gasteiger charge is 2.17. The molecule has 0 fully saturated rings. The van der Waals surface area contributed by atoms with Crippen LogP contribution in [0.25, 0.3) is 22.0 Å². The summed E-state index contributed by atoms with van der Waals surface area (Å²) < 4.78 is 11.3. The van der Waals surface area contributed by atoms with Gasteiger partial charge in [-0.3, -0.25) is 4.79 Å². The third-order valence-corrected chi connectivity index (χ3v) is 5.25. The van der Waals surface area contributed by atoms with Crippen molar-refractivity contribution in [2.75, 3.05) is 7.11 Å². The predicted octanol–water partition coefficient (Wildman–Crippen LogP) is 4.91. The Bertz CT molecular complexity index is 1370. The molecule has 1 aromatic heterocycles. The highest BCUT2D eigenvalue weighted by Crippen LogP contribution is 2.33. The summed E-state index contributed by atoms with van der Waals surface area (Å²) in [6, 6.07) is 22.4. The molecule has 30 heavy (non-hydrogen) atoms. The lowest BCUT2D eigenvalue weighted by molar-refractivity contribution is 0.103. The molecule has 0 unspecified atom stereocenters. The first kappa shape index (κ1) is 17.9. The second-order valence-corrected chi connectivity index (χ2v) is 7.09. The van der Waals surface area contributed by atoms with E-state index in [1.54, 1.807) is 31.4 Å². The van der Waals surface area contributed by atoms with Gasteiger partial charge in [-0.2, -0.15) is 5.26 Å². The molecule has 1 aliphatic rings. The van der Waals surface area contributed by atoms with Crippen molar-refractivity contribution < 1.29 is 14.3 Å². The quantitative estimate of drug-likeness (QED) is 0.460. The van der Waals surface area contributed by atoms with Crippen molar-refractivity contribution in [2.24, 2.45) is 0 Å². The van der Waals surface area contributed by atoms with Crippen LogP contribution in [-0.4, -0.2) is 17.9 Å². The Morgan fingerprint density at radius 2 is 1.83 bits per heavy atom. The van der Waals surface area contributed by atoms with Crippen molar-refractivity contribution in [1.29, 1.82) is 5.26 Å². The number of carbonyl (C=O) groups is 1. The van der Waals surface area contributed by atoms with Crippen molar-refractivity contribution >= 4 is 16.7 Å². The molecule has 0 amide bonds. The molecule has 0 radical (unpaired) electrons. The average molecular weight is 392 g/mol. The molecule has 0 atom stereocenters. The Hall–Kier alpha value is -4.17. The number of aromatic nitrogens is 1. The van der Waals surface area contributed by atoms with E-state index in [1.807, 2.05) is 42.5 Å². The zero-order valence-electron chi connectivity index (χ0n) is 16.2. The number of ketones is 1. The number of nitrogens with zero attached hydrogens (tertiary/aromatic N) is 2. The molecule has 0 N–H and O–H groups in total. The minimum atomic E-state index is -0.140. The van der Waals surface area contributed by atoms with Crippen LogP contribution in [-0.2, 0) is 6.61 Å². The Balaban J connectivity index is 1.82. The summed E-state index contributed by atoms with van der Waals surface area (Å²) in [5, 5.41) is 10.3. The second-order valence-electron chi connectivity index (χ2n) is 7.09. The molecule has 6 bridgehead atoms. The molecule has 0 saturated heterocycles. The Morgan fingerprint density at radius 1 is 1.00 bits per heavy atom. The van der Waals surface area contributed by atoms with Crippen LogP contribution in [0.1, 0.15) is 27.0 Å². The van der Waals surface area contributed by atoms with Crippen LogP contribution in [0.5, 0.6) is 11.6 Å². The lowest BCUT2D eigenvalue weighted by Crippen LogP contribution is -2.04. The van der Waals surface area contributed by atoms with Gasteiger partial charge in [0.15, 0.2) is 5.78 Å². The highest BCUT2D eigenvalue weighted by molar-refractivity contribution is 6.11. The van der Waals surface area contributed by atoms with Crippen LogP contribution in [0, 0.1) is 11.3 Å². The largest absolute Gasteiger partial charge is 0.487 e. The summed E-state index contributed by atoms with van der Waals surface area (Å²) in [4.78, 5) is 17.7. The van der Waals surface area contributed by atoms with Gasteiger partial charge in [-0.15, -0.1) is 0 Å². The van der Waals surface area contributed by atoms with Gasteiger partial charge in [-0.05, 0) is 59.2 Å². The SMILES string of the molecule is COc1cc2c3cc(ccc3n1)C(=O)c1ccc(C#N)c(c1)OCc1cccc-2c1. The number of nitriles is 1. The first-order valence-corrected chi connectivity index (χ1v) is 9.46. The summed E-state index contributed by atoms with van der Waals surface area (Å²) in [5.41, 5.74) is 5.00. The fraction of sp³-hybridized carbons (Fsp3) is 0.0800. The van der Waals surface area contributed by atoms with Crippen LogP contribution >= 0.6 is 0 Å². The van der Waals surface area contributed by atoms with E-state index in [0.29, 0.717) is 28.3 Å². The Kier molecular flexibility index (Phi) is 4.19. The summed E-state index contributed by atoms with van der Waals surface area (Å²) in [5.74, 6) is 0.766. The van der Waals surface area contributed by atoms with Crippen LogP contribution in [0.2, 0.25) is 0 Å². The Labute approximate surface area is 173 Å². The van der Waals surface area contributed by atoms with E-state index < -0.39 is 0 Å². The Morgan fingerprint density at radius 3 is 2.67 bits per heavy atom. The van der Waals surface area contributed by atoms with Crippen LogP contribution < -0.4 is 9.47 Å². The number of ether oxygens (including phenoxy) is 2. The van der Waals surface area contributed by atoms with E-state index in [0.717, 1.165) is 27.6 Å². The molecule has 0 saturated carbocycles. The fourth-order valence-electron chi connectivity index (χ4n) is 3.72. The van der Waals surface area contributed by atoms with Gasteiger partial charge in [0.1, 0.15) is 18.4 Å². The number of hydrogen-bond donors (Lipinski definition) is 0. The van der Waals surface area contributed by atoms with E-state index >= 15 is 0 Å². The number of rotatable bonds is 1. The van der Waals surface area contributed by atoms with Crippen LogP contribution in [0.4, 0.5) is 0 Å². The molecule has 5 heteroatoms. The fourth-order valence-corrected chi connectivity index (χ4v) is 3.72. The topological polar surface area (TPSA) is 72.2 Å². The van der Waals surface area contributed by atoms with Gasteiger partial charge in [0.2, 0.25) is 5.88 Å². The number of fused-ring (bicyclic) bond motifs is 6. The number of carbonyl (C=O) groups excluding carboxylic acids is 1. The first-order chi connectivity index (χ1) is 14.7. The third kappa shape index (κ3) is 2.96. The maximum atomic E-state index is 13.2. The number of benzene rings is 3. The molecular formula is C25H16N2O3. The van der Waals surface area contributed by atoms with E-state index in [-0.39, 0.29) is 12.4 Å². The minimum Gasteiger partial charge on any atom is -0.487 e. The minimum absolute atomic E-state index is 0.140. The predicted molar refractivity (Wildman–Crippen MR) is 113 cm³/mol. The number of methoxy groups -OCH3 is 1. The molecule has 2 heterocycles. The summed E-state index contributed by atoms with van der Waals surface area (Å²) in [7, 11) is 1.59. The summed E-state index contributed by atoms with van der Waals surface area (Å²) in [6.07, 6.45) is 0. The summed E-state index contributed by atoms with van der Waals surface area (Å²) >= 11 is 0. The van der Waals surface area contributed by atoms with Gasteiger partial charge in [0.05, 0.1) is 18.2 Å². The van der Waals surface area contributed by atoms with Gasteiger partial charge in [-0.1, -0.05) is 18.2 Å². The molecule has 144 valence electrons. The van der Waals surface area contributed by atoms with E-state index in [9.17, 15) is 10.1 Å². The molecule has 0 aliphatic carbocycles. The van der Waals surface area contributed by atoms with Crippen molar-refractivity contribution in [2.45, 2.75) is 6.61 Å². The van der Waals surface area contributed by atoms with Crippen molar-refractivity contribution in [3.63, 3.8) is 0 Å². The monoisotopic (exact) mass is 392 g/mol. The normalized spacial score (nSPS) is 12.3. The van der Waals surface area contributed by atoms with E-state index in [2.05, 4.69) is 11.1 Å². The zero-order chi connectivity index (χ0) is 20.7. The molecule has 4 aromatic rings. The van der Waals surface area contributed by atoms with Gasteiger partial charge >= 0.3 is 0 Å². The highest BCUT2D eigenvalue weighted by atomic mass is 16.5. The van der Waals surface area contributed by atoms with Crippen molar-refractivity contribution in [3.8, 4) is 28.8 Å². The number of pyridine rings is 1. The standard InChI is InChI=1S/C25H16N2O3/c1-29-24-12-20-16-4-2-3-15(9-16)14-30-23-11-18(5-6-19(23)13-26)25(28)17-7-8-22(27-24)21(20)10-17/h2-12H,14H2,1H3. The van der Waals surface area contributed by atoms with E-state index in [4.69, 9.17) is 9.47 Å². The zero-order valence-corrected chi connectivity index (χ0v) is 16.2. The molecule has 5 nitrogen and oxygen atoms in total. The van der Waals surface area contributed by atoms with Crippen LogP contribution in [0.15, 0.2) is 66.7 Å². The van der Waals surface area contributed by atoms with Crippen molar-refractivity contribution in [3.05, 3.63) is 89.0 Å². The van der Waals surface area contributed by atoms with Gasteiger partial charge < -0.3 is 9.47 Å². The first-order valence-electron chi connectivity index (χ1n) is 9.46. The van der Waals surface area contributed by atoms with Crippen LogP contribution in [0.3, 0.4) is 0 Å². The van der Waals surface area contributed by atoms with Gasteiger partial charge in [0, 0.05) is 22.6 Å². The maximum absolute atomic E-state index is 13.2. The molecule has 3 aromatic carbocycles.